The summed E-state index contributed by atoms with van der Waals surface area (Å²) >= 11 is 0. The summed E-state index contributed by atoms with van der Waals surface area (Å²) in [6.45, 7) is 3.34. The third kappa shape index (κ3) is 3.90. The molecule has 1 aliphatic heterocycles. The molecule has 0 unspecified atom stereocenters. The fourth-order valence-electron chi connectivity index (χ4n) is 3.39. The molecule has 0 aliphatic carbocycles. The van der Waals surface area contributed by atoms with E-state index in [2.05, 4.69) is 32.0 Å². The number of nitrogens with one attached hydrogen (secondary N) is 1. The van der Waals surface area contributed by atoms with Crippen LogP contribution in [-0.4, -0.2) is 46.2 Å². The molecule has 5 rings (SSSR count). The van der Waals surface area contributed by atoms with Gasteiger partial charge in [0.1, 0.15) is 12.4 Å². The van der Waals surface area contributed by atoms with Crippen molar-refractivity contribution in [1.29, 1.82) is 0 Å². The largest absolute Gasteiger partial charge is 0.471 e. The fourth-order valence-corrected chi connectivity index (χ4v) is 3.39. The Labute approximate surface area is 168 Å². The average Bonchev–Trinajstić information content (AvgIpc) is 3.27. The quantitative estimate of drug-likeness (QED) is 0.565. The van der Waals surface area contributed by atoms with Gasteiger partial charge in [0.15, 0.2) is 5.82 Å². The molecule has 4 heterocycles. The molecule has 0 bridgehead atoms. The van der Waals surface area contributed by atoms with Crippen LogP contribution in [0.3, 0.4) is 0 Å². The SMILES string of the molecule is c1ccc(COc2cc(N3CCOCC3)nc(-c3ccc4cc[nH]c4c3)n2)nc1. The average molecular weight is 387 g/mol. The third-order valence-electron chi connectivity index (χ3n) is 4.93. The molecule has 4 aromatic rings. The van der Waals surface area contributed by atoms with Crippen molar-refractivity contribution in [2.75, 3.05) is 31.2 Å². The molecule has 1 N–H and O–H groups in total. The van der Waals surface area contributed by atoms with E-state index in [0.29, 0.717) is 31.5 Å². The third-order valence-corrected chi connectivity index (χ3v) is 4.93. The Morgan fingerprint density at radius 3 is 2.83 bits per heavy atom. The molecular formula is C22H21N5O2. The first kappa shape index (κ1) is 17.6. The van der Waals surface area contributed by atoms with Crippen LogP contribution in [-0.2, 0) is 11.3 Å². The molecule has 0 saturated carbocycles. The van der Waals surface area contributed by atoms with Crippen LogP contribution in [0.25, 0.3) is 22.3 Å². The molecule has 1 fully saturated rings. The highest BCUT2D eigenvalue weighted by atomic mass is 16.5. The van der Waals surface area contributed by atoms with Gasteiger partial charge >= 0.3 is 0 Å². The Morgan fingerprint density at radius 1 is 1.03 bits per heavy atom. The van der Waals surface area contributed by atoms with Gasteiger partial charge in [-0.25, -0.2) is 4.98 Å². The zero-order chi connectivity index (χ0) is 19.5. The number of aromatic amines is 1. The number of fused-ring (bicyclic) bond motifs is 1. The summed E-state index contributed by atoms with van der Waals surface area (Å²) in [6.07, 6.45) is 3.69. The number of ether oxygens (including phenoxy) is 2. The topological polar surface area (TPSA) is 76.2 Å². The first-order valence-electron chi connectivity index (χ1n) is 9.67. The van der Waals surface area contributed by atoms with E-state index in [1.54, 1.807) is 6.20 Å². The Kier molecular flexibility index (Phi) is 4.80. The Balaban J connectivity index is 1.50. The van der Waals surface area contributed by atoms with Crippen LogP contribution >= 0.6 is 0 Å². The summed E-state index contributed by atoms with van der Waals surface area (Å²) in [4.78, 5) is 19.3. The summed E-state index contributed by atoms with van der Waals surface area (Å²) in [5, 5.41) is 1.16. The van der Waals surface area contributed by atoms with Gasteiger partial charge in [-0.2, -0.15) is 4.98 Å². The van der Waals surface area contributed by atoms with E-state index in [4.69, 9.17) is 14.5 Å². The number of nitrogens with zero attached hydrogens (tertiary/aromatic N) is 4. The number of pyridine rings is 1. The number of benzene rings is 1. The zero-order valence-corrected chi connectivity index (χ0v) is 15.9. The Morgan fingerprint density at radius 2 is 1.97 bits per heavy atom. The van der Waals surface area contributed by atoms with E-state index in [9.17, 15) is 0 Å². The van der Waals surface area contributed by atoms with Gasteiger partial charge in [-0.1, -0.05) is 18.2 Å². The van der Waals surface area contributed by atoms with Gasteiger partial charge in [0.05, 0.1) is 18.9 Å². The van der Waals surface area contributed by atoms with Crippen LogP contribution in [0.2, 0.25) is 0 Å². The van der Waals surface area contributed by atoms with Crippen molar-refractivity contribution in [1.82, 2.24) is 19.9 Å². The van der Waals surface area contributed by atoms with Crippen LogP contribution in [0.4, 0.5) is 5.82 Å². The van der Waals surface area contributed by atoms with E-state index in [-0.39, 0.29) is 0 Å². The van der Waals surface area contributed by atoms with Gasteiger partial charge in [-0.3, -0.25) is 4.98 Å². The smallest absolute Gasteiger partial charge is 0.219 e. The number of aromatic nitrogens is 4. The highest BCUT2D eigenvalue weighted by Gasteiger charge is 2.17. The normalized spacial score (nSPS) is 14.3. The Hall–Kier alpha value is -3.45. The lowest BCUT2D eigenvalue weighted by molar-refractivity contribution is 0.122. The van der Waals surface area contributed by atoms with E-state index < -0.39 is 0 Å². The second kappa shape index (κ2) is 7.89. The number of H-pyrrole nitrogens is 1. The maximum Gasteiger partial charge on any atom is 0.219 e. The molecule has 1 aliphatic rings. The maximum absolute atomic E-state index is 5.98. The van der Waals surface area contributed by atoms with E-state index in [1.807, 2.05) is 42.6 Å². The van der Waals surface area contributed by atoms with Gasteiger partial charge in [0.25, 0.3) is 0 Å². The van der Waals surface area contributed by atoms with Crippen LogP contribution in [0.1, 0.15) is 5.69 Å². The summed E-state index contributed by atoms with van der Waals surface area (Å²) in [6, 6.07) is 15.9. The lowest BCUT2D eigenvalue weighted by Gasteiger charge is -2.28. The van der Waals surface area contributed by atoms with Crippen molar-refractivity contribution >= 4 is 16.7 Å². The second-order valence-electron chi connectivity index (χ2n) is 6.88. The minimum absolute atomic E-state index is 0.357. The van der Waals surface area contributed by atoms with Crippen molar-refractivity contribution in [3.63, 3.8) is 0 Å². The number of rotatable bonds is 5. The molecular weight excluding hydrogens is 366 g/mol. The number of hydrogen-bond acceptors (Lipinski definition) is 6. The molecule has 1 aromatic carbocycles. The molecule has 0 atom stereocenters. The fraction of sp³-hybridized carbons (Fsp3) is 0.227. The van der Waals surface area contributed by atoms with Crippen LogP contribution in [0, 0.1) is 0 Å². The summed E-state index contributed by atoms with van der Waals surface area (Å²) in [5.74, 6) is 2.02. The van der Waals surface area contributed by atoms with Crippen LogP contribution in [0.15, 0.2) is 60.9 Å². The van der Waals surface area contributed by atoms with Gasteiger partial charge in [-0.05, 0) is 29.7 Å². The van der Waals surface area contributed by atoms with Crippen molar-refractivity contribution in [3.8, 4) is 17.3 Å². The highest BCUT2D eigenvalue weighted by Crippen LogP contribution is 2.27. The lowest BCUT2D eigenvalue weighted by Crippen LogP contribution is -2.36. The monoisotopic (exact) mass is 387 g/mol. The van der Waals surface area contributed by atoms with Crippen molar-refractivity contribution in [3.05, 3.63) is 66.6 Å². The summed E-state index contributed by atoms with van der Waals surface area (Å²) < 4.78 is 11.5. The standard InChI is InChI=1S/C22H21N5O2/c1-2-7-23-18(3-1)15-29-21-14-20(27-9-11-28-12-10-27)25-22(26-21)17-5-4-16-6-8-24-19(16)13-17/h1-8,13-14,24H,9-12,15H2. The molecule has 0 spiro atoms. The van der Waals surface area contributed by atoms with E-state index in [1.165, 1.54) is 0 Å². The molecule has 7 nitrogen and oxygen atoms in total. The zero-order valence-electron chi connectivity index (χ0n) is 15.9. The number of hydrogen-bond donors (Lipinski definition) is 1. The van der Waals surface area contributed by atoms with Gasteiger partial charge in [0.2, 0.25) is 5.88 Å². The number of anilines is 1. The number of morpholine rings is 1. The molecule has 0 amide bonds. The van der Waals surface area contributed by atoms with Crippen molar-refractivity contribution in [2.45, 2.75) is 6.61 Å². The van der Waals surface area contributed by atoms with Gasteiger partial charge in [-0.15, -0.1) is 0 Å². The minimum Gasteiger partial charge on any atom is -0.471 e. The second-order valence-corrected chi connectivity index (χ2v) is 6.88. The lowest BCUT2D eigenvalue weighted by atomic mass is 10.1. The molecule has 7 heteroatoms. The van der Waals surface area contributed by atoms with Crippen LogP contribution < -0.4 is 9.64 Å². The first-order chi connectivity index (χ1) is 14.3. The minimum atomic E-state index is 0.357. The van der Waals surface area contributed by atoms with Crippen molar-refractivity contribution < 1.29 is 9.47 Å². The molecule has 0 radical (unpaired) electrons. The van der Waals surface area contributed by atoms with E-state index in [0.717, 1.165) is 41.1 Å². The van der Waals surface area contributed by atoms with E-state index >= 15 is 0 Å². The van der Waals surface area contributed by atoms with Crippen LogP contribution in [0.5, 0.6) is 5.88 Å². The molecule has 29 heavy (non-hydrogen) atoms. The molecule has 3 aromatic heterocycles. The predicted octanol–water partition coefficient (Wildman–Crippen LogP) is 3.44. The summed E-state index contributed by atoms with van der Waals surface area (Å²) in [7, 11) is 0. The predicted molar refractivity (Wildman–Crippen MR) is 111 cm³/mol. The van der Waals surface area contributed by atoms with Gasteiger partial charge < -0.3 is 19.4 Å². The highest BCUT2D eigenvalue weighted by molar-refractivity contribution is 5.83. The molecule has 1 saturated heterocycles. The van der Waals surface area contributed by atoms with Crippen molar-refractivity contribution in [2.24, 2.45) is 0 Å². The first-order valence-corrected chi connectivity index (χ1v) is 9.67. The van der Waals surface area contributed by atoms with Gasteiger partial charge in [0, 0.05) is 42.6 Å². The Bertz CT molecular complexity index is 1110. The maximum atomic E-state index is 5.98. The summed E-state index contributed by atoms with van der Waals surface area (Å²) in [5.41, 5.74) is 2.85. The molecule has 146 valence electrons.